The third-order valence-electron chi connectivity index (χ3n) is 6.37. The first kappa shape index (κ1) is 15.6. The number of hydrogen-bond donors (Lipinski definition) is 1. The highest BCUT2D eigenvalue weighted by Crippen LogP contribution is 2.72. The Bertz CT molecular complexity index is 465. The van der Waals surface area contributed by atoms with Crippen molar-refractivity contribution in [3.05, 3.63) is 35.4 Å². The maximum Gasteiger partial charge on any atom is 0.0828 e. The van der Waals surface area contributed by atoms with E-state index in [0.29, 0.717) is 5.92 Å². The van der Waals surface area contributed by atoms with Crippen LogP contribution in [0.15, 0.2) is 24.3 Å². The average Bonchev–Trinajstić information content (AvgIpc) is 2.79. The van der Waals surface area contributed by atoms with E-state index in [4.69, 9.17) is 0 Å². The molecule has 1 atom stereocenters. The zero-order valence-electron chi connectivity index (χ0n) is 14.1. The van der Waals surface area contributed by atoms with Crippen LogP contribution in [0.2, 0.25) is 0 Å². The van der Waals surface area contributed by atoms with Gasteiger partial charge in [0.25, 0.3) is 0 Å². The molecule has 0 radical (unpaired) electrons. The fourth-order valence-corrected chi connectivity index (χ4v) is 3.56. The van der Waals surface area contributed by atoms with E-state index < -0.39 is 0 Å². The summed E-state index contributed by atoms with van der Waals surface area (Å²) in [5.41, 5.74) is 3.05. The van der Waals surface area contributed by atoms with Crippen molar-refractivity contribution < 1.29 is 5.11 Å². The fraction of sp³-hybridized carbons (Fsp3) is 0.684. The second kappa shape index (κ2) is 4.59. The average molecular weight is 274 g/mol. The summed E-state index contributed by atoms with van der Waals surface area (Å²) in [4.78, 5) is 0. The van der Waals surface area contributed by atoms with Crippen molar-refractivity contribution in [2.75, 3.05) is 0 Å². The maximum absolute atomic E-state index is 10.7. The number of aliphatic hydroxyl groups is 1. The Labute approximate surface area is 124 Å². The molecule has 0 aliphatic heterocycles. The SMILES string of the molecule is CCC(C)(C)c1ccc(C(O)C2C(C)(C)C2(C)C)cc1. The maximum atomic E-state index is 10.7. The van der Waals surface area contributed by atoms with Gasteiger partial charge in [-0.3, -0.25) is 0 Å². The molecule has 0 amide bonds. The summed E-state index contributed by atoms with van der Waals surface area (Å²) < 4.78 is 0. The van der Waals surface area contributed by atoms with Gasteiger partial charge in [0.05, 0.1) is 6.10 Å². The fourth-order valence-electron chi connectivity index (χ4n) is 3.56. The first-order chi connectivity index (χ1) is 9.05. The van der Waals surface area contributed by atoms with E-state index >= 15 is 0 Å². The summed E-state index contributed by atoms with van der Waals surface area (Å²) in [5.74, 6) is 0.347. The smallest absolute Gasteiger partial charge is 0.0828 e. The van der Waals surface area contributed by atoms with Crippen LogP contribution in [0, 0.1) is 16.7 Å². The van der Waals surface area contributed by atoms with Gasteiger partial charge in [-0.05, 0) is 33.8 Å². The molecule has 1 aliphatic carbocycles. The lowest BCUT2D eigenvalue weighted by molar-refractivity contribution is 0.130. The number of hydrogen-bond acceptors (Lipinski definition) is 1. The predicted octanol–water partition coefficient (Wildman–Crippen LogP) is 5.09. The van der Waals surface area contributed by atoms with Crippen LogP contribution in [-0.2, 0) is 5.41 Å². The lowest BCUT2D eigenvalue weighted by Crippen LogP contribution is -2.15. The molecule has 1 aliphatic rings. The first-order valence-electron chi connectivity index (χ1n) is 7.84. The molecule has 1 heteroatoms. The highest BCUT2D eigenvalue weighted by atomic mass is 16.3. The Hall–Kier alpha value is -0.820. The topological polar surface area (TPSA) is 20.2 Å². The molecule has 20 heavy (non-hydrogen) atoms. The van der Waals surface area contributed by atoms with E-state index in [-0.39, 0.29) is 22.3 Å². The van der Waals surface area contributed by atoms with Crippen molar-refractivity contribution in [3.8, 4) is 0 Å². The van der Waals surface area contributed by atoms with Gasteiger partial charge in [-0.25, -0.2) is 0 Å². The Morgan fingerprint density at radius 3 is 1.85 bits per heavy atom. The van der Waals surface area contributed by atoms with Gasteiger partial charge >= 0.3 is 0 Å². The minimum atomic E-state index is -0.348. The van der Waals surface area contributed by atoms with Gasteiger partial charge < -0.3 is 5.11 Å². The lowest BCUT2D eigenvalue weighted by atomic mass is 9.81. The van der Waals surface area contributed by atoms with Gasteiger partial charge in [-0.2, -0.15) is 0 Å². The molecule has 0 spiro atoms. The van der Waals surface area contributed by atoms with Crippen molar-refractivity contribution in [1.29, 1.82) is 0 Å². The molecule has 0 saturated heterocycles. The van der Waals surface area contributed by atoms with E-state index in [0.717, 1.165) is 12.0 Å². The van der Waals surface area contributed by atoms with E-state index in [2.05, 4.69) is 72.7 Å². The molecule has 1 unspecified atom stereocenters. The largest absolute Gasteiger partial charge is 0.388 e. The van der Waals surface area contributed by atoms with Crippen LogP contribution in [0.3, 0.4) is 0 Å². The zero-order valence-corrected chi connectivity index (χ0v) is 14.1. The van der Waals surface area contributed by atoms with Crippen LogP contribution in [0.4, 0.5) is 0 Å². The first-order valence-corrected chi connectivity index (χ1v) is 7.84. The summed E-state index contributed by atoms with van der Waals surface area (Å²) in [6, 6.07) is 8.60. The van der Waals surface area contributed by atoms with Gasteiger partial charge in [0, 0.05) is 5.92 Å². The number of aliphatic hydroxyl groups excluding tert-OH is 1. The Morgan fingerprint density at radius 1 is 1.05 bits per heavy atom. The van der Waals surface area contributed by atoms with E-state index in [1.54, 1.807) is 0 Å². The third-order valence-corrected chi connectivity index (χ3v) is 6.37. The highest BCUT2D eigenvalue weighted by molar-refractivity contribution is 5.31. The van der Waals surface area contributed by atoms with Crippen LogP contribution < -0.4 is 0 Å². The molecule has 1 saturated carbocycles. The van der Waals surface area contributed by atoms with Crippen molar-refractivity contribution in [1.82, 2.24) is 0 Å². The molecule has 1 N–H and O–H groups in total. The van der Waals surface area contributed by atoms with Gasteiger partial charge in [0.2, 0.25) is 0 Å². The Balaban J connectivity index is 2.20. The quantitative estimate of drug-likeness (QED) is 0.811. The summed E-state index contributed by atoms with van der Waals surface area (Å²) in [6.07, 6.45) is 0.774. The van der Waals surface area contributed by atoms with Gasteiger partial charge in [-0.15, -0.1) is 0 Å². The van der Waals surface area contributed by atoms with Crippen molar-refractivity contribution in [3.63, 3.8) is 0 Å². The van der Waals surface area contributed by atoms with E-state index in [9.17, 15) is 5.11 Å². The molecule has 112 valence electrons. The molecular formula is C19H30O. The molecular weight excluding hydrogens is 244 g/mol. The minimum absolute atomic E-state index is 0.210. The van der Waals surface area contributed by atoms with Gasteiger partial charge in [0.15, 0.2) is 0 Å². The molecule has 1 aromatic rings. The zero-order chi connectivity index (χ0) is 15.3. The standard InChI is InChI=1S/C19H30O/c1-8-17(2,3)14-11-9-13(10-12-14)15(20)16-18(4,5)19(16,6)7/h9-12,15-16,20H,8H2,1-7H3. The summed E-state index contributed by atoms with van der Waals surface area (Å²) in [5, 5.41) is 10.7. The van der Waals surface area contributed by atoms with Gasteiger partial charge in [0.1, 0.15) is 0 Å². The van der Waals surface area contributed by atoms with E-state index in [1.165, 1.54) is 5.56 Å². The van der Waals surface area contributed by atoms with Crippen LogP contribution in [-0.4, -0.2) is 5.11 Å². The van der Waals surface area contributed by atoms with Crippen LogP contribution in [0.25, 0.3) is 0 Å². The molecule has 1 nitrogen and oxygen atoms in total. The molecule has 1 aromatic carbocycles. The number of benzene rings is 1. The lowest BCUT2D eigenvalue weighted by Gasteiger charge is -2.24. The van der Waals surface area contributed by atoms with Gasteiger partial charge in [-0.1, -0.05) is 72.7 Å². The van der Waals surface area contributed by atoms with Crippen LogP contribution in [0.1, 0.15) is 72.1 Å². The Morgan fingerprint density at radius 2 is 1.50 bits per heavy atom. The summed E-state index contributed by atoms with van der Waals surface area (Å²) in [7, 11) is 0. The summed E-state index contributed by atoms with van der Waals surface area (Å²) >= 11 is 0. The minimum Gasteiger partial charge on any atom is -0.388 e. The molecule has 0 aromatic heterocycles. The Kier molecular flexibility index (Phi) is 3.57. The van der Waals surface area contributed by atoms with Crippen molar-refractivity contribution >= 4 is 0 Å². The predicted molar refractivity (Wildman–Crippen MR) is 85.8 cm³/mol. The summed E-state index contributed by atoms with van der Waals surface area (Å²) in [6.45, 7) is 15.8. The van der Waals surface area contributed by atoms with Crippen molar-refractivity contribution in [2.45, 2.75) is 66.4 Å². The monoisotopic (exact) mass is 274 g/mol. The highest BCUT2D eigenvalue weighted by Gasteiger charge is 2.67. The van der Waals surface area contributed by atoms with Crippen molar-refractivity contribution in [2.24, 2.45) is 16.7 Å². The molecule has 0 bridgehead atoms. The molecule has 2 rings (SSSR count). The molecule has 0 heterocycles. The normalized spacial score (nSPS) is 22.6. The second-order valence-corrected chi connectivity index (χ2v) is 8.23. The third kappa shape index (κ3) is 2.20. The van der Waals surface area contributed by atoms with Crippen LogP contribution in [0.5, 0.6) is 0 Å². The van der Waals surface area contributed by atoms with E-state index in [1.807, 2.05) is 0 Å². The molecule has 1 fully saturated rings. The van der Waals surface area contributed by atoms with Crippen LogP contribution >= 0.6 is 0 Å². The number of rotatable bonds is 4. The second-order valence-electron chi connectivity index (χ2n) is 8.23.